The van der Waals surface area contributed by atoms with E-state index in [1.165, 1.54) is 16.4 Å². The van der Waals surface area contributed by atoms with Gasteiger partial charge in [-0.1, -0.05) is 17.8 Å². The Bertz CT molecular complexity index is 1330. The topological polar surface area (TPSA) is 217 Å². The molecule has 1 aromatic heterocycles. The van der Waals surface area contributed by atoms with Crippen molar-refractivity contribution in [3.8, 4) is 11.5 Å². The summed E-state index contributed by atoms with van der Waals surface area (Å²) in [6.45, 7) is 0. The fourth-order valence-corrected chi connectivity index (χ4v) is 6.36. The molecule has 3 heterocycles. The van der Waals surface area contributed by atoms with Crippen LogP contribution in [0.3, 0.4) is 0 Å². The molecule has 2 aliphatic rings. The molecule has 2 aliphatic heterocycles. The molecule has 2 aromatic rings. The van der Waals surface area contributed by atoms with E-state index in [-0.39, 0.29) is 22.8 Å². The second-order valence-electron chi connectivity index (χ2n) is 7.92. The van der Waals surface area contributed by atoms with Gasteiger partial charge in [-0.05, 0) is 33.7 Å². The Kier molecular flexibility index (Phi) is 7.03. The van der Waals surface area contributed by atoms with Crippen molar-refractivity contribution in [2.45, 2.75) is 22.2 Å². The van der Waals surface area contributed by atoms with Gasteiger partial charge < -0.3 is 30.5 Å². The number of nitrogens with one attached hydrogen (secondary N) is 1. The predicted octanol–water partition coefficient (Wildman–Crippen LogP) is -0.705. The Labute approximate surface area is 216 Å². The Hall–Kier alpha value is -3.83. The lowest BCUT2D eigenvalue weighted by molar-refractivity contribution is -0.193. The first kappa shape index (κ1) is 26.2. The van der Waals surface area contributed by atoms with Crippen LogP contribution in [0, 0.1) is 0 Å². The number of amides is 2. The minimum Gasteiger partial charge on any atom is -0.504 e. The first-order valence-corrected chi connectivity index (χ1v) is 12.4. The lowest BCUT2D eigenvalue weighted by Crippen LogP contribution is -2.81. The standard InChI is InChI=1S/C20H20N6O9S2/c1-25-19(22-23-24-25)37-7-9-6-36-18-20(35-2,17(34)26(18)13(9)16(32)33)21-14(29)12(15(30)31)8-3-4-10(27)11(28)5-8/h3-5,12,18,27-28H,6-7H2,1-2H3,(H,21,29)(H,30,31)(H,32,33)/t12?,18-,20-/m0/s1. The highest BCUT2D eigenvalue weighted by Crippen LogP contribution is 2.47. The number of ether oxygens (including phenoxy) is 1. The number of carbonyl (C=O) groups excluding carboxylic acids is 2. The summed E-state index contributed by atoms with van der Waals surface area (Å²) in [6.07, 6.45) is 0. The van der Waals surface area contributed by atoms with Crippen LogP contribution >= 0.6 is 23.5 Å². The number of hydrogen-bond donors (Lipinski definition) is 5. The van der Waals surface area contributed by atoms with Crippen molar-refractivity contribution in [2.75, 3.05) is 18.6 Å². The molecule has 1 unspecified atom stereocenters. The quantitative estimate of drug-likeness (QED) is 0.0854. The van der Waals surface area contributed by atoms with E-state index < -0.39 is 52.3 Å². The molecule has 1 fully saturated rings. The third-order valence-corrected chi connectivity index (χ3v) is 8.21. The summed E-state index contributed by atoms with van der Waals surface area (Å²) in [6, 6.07) is 3.08. The van der Waals surface area contributed by atoms with Crippen LogP contribution in [0.15, 0.2) is 34.6 Å². The van der Waals surface area contributed by atoms with Crippen molar-refractivity contribution < 1.29 is 44.3 Å². The molecule has 5 N–H and O–H groups in total. The molecule has 0 radical (unpaired) electrons. The summed E-state index contributed by atoms with van der Waals surface area (Å²) in [7, 11) is 2.76. The van der Waals surface area contributed by atoms with Crippen LogP contribution in [0.4, 0.5) is 0 Å². The summed E-state index contributed by atoms with van der Waals surface area (Å²) in [5.74, 6) is -7.63. The molecule has 0 aliphatic carbocycles. The summed E-state index contributed by atoms with van der Waals surface area (Å²) in [4.78, 5) is 51.4. The van der Waals surface area contributed by atoms with Gasteiger partial charge in [-0.15, -0.1) is 16.9 Å². The van der Waals surface area contributed by atoms with E-state index in [9.17, 15) is 39.6 Å². The molecule has 1 aromatic carbocycles. The van der Waals surface area contributed by atoms with Crippen LogP contribution in [0.25, 0.3) is 0 Å². The number of aromatic hydroxyl groups is 2. The third kappa shape index (κ3) is 4.44. The van der Waals surface area contributed by atoms with E-state index in [1.807, 2.05) is 0 Å². The number of β-lactam (4-membered cyclic amide) rings is 1. The van der Waals surface area contributed by atoms with E-state index in [2.05, 4.69) is 20.8 Å². The summed E-state index contributed by atoms with van der Waals surface area (Å²) >= 11 is 2.32. The number of aliphatic carboxylic acids is 2. The van der Waals surface area contributed by atoms with Crippen molar-refractivity contribution in [3.63, 3.8) is 0 Å². The van der Waals surface area contributed by atoms with Gasteiger partial charge >= 0.3 is 11.9 Å². The monoisotopic (exact) mass is 552 g/mol. The number of methoxy groups -OCH3 is 1. The minimum atomic E-state index is -2.03. The zero-order chi connectivity index (χ0) is 27.1. The normalized spacial score (nSPS) is 21.7. The molecular weight excluding hydrogens is 532 g/mol. The van der Waals surface area contributed by atoms with E-state index in [0.29, 0.717) is 10.7 Å². The maximum absolute atomic E-state index is 13.3. The summed E-state index contributed by atoms with van der Waals surface area (Å²) in [5.41, 5.74) is -2.03. The number of hydrogen-bond acceptors (Lipinski definition) is 12. The van der Waals surface area contributed by atoms with Gasteiger partial charge in [0.05, 0.1) is 0 Å². The first-order chi connectivity index (χ1) is 17.5. The van der Waals surface area contributed by atoms with Gasteiger partial charge in [0.1, 0.15) is 11.1 Å². The second kappa shape index (κ2) is 9.91. The fraction of sp³-hybridized carbons (Fsp3) is 0.350. The van der Waals surface area contributed by atoms with Gasteiger partial charge in [0.15, 0.2) is 17.4 Å². The highest BCUT2D eigenvalue weighted by atomic mass is 32.2. The van der Waals surface area contributed by atoms with Crippen LogP contribution in [0.2, 0.25) is 0 Å². The largest absolute Gasteiger partial charge is 0.504 e. The molecule has 0 spiro atoms. The van der Waals surface area contributed by atoms with Crippen molar-refractivity contribution in [1.82, 2.24) is 30.4 Å². The molecule has 0 bridgehead atoms. The second-order valence-corrected chi connectivity index (χ2v) is 9.93. The number of carbonyl (C=O) groups is 4. The number of carboxylic acids is 2. The van der Waals surface area contributed by atoms with Crippen LogP contribution < -0.4 is 5.32 Å². The van der Waals surface area contributed by atoms with Gasteiger partial charge in [-0.3, -0.25) is 19.3 Å². The van der Waals surface area contributed by atoms with Gasteiger partial charge in [-0.25, -0.2) is 9.48 Å². The van der Waals surface area contributed by atoms with Crippen LogP contribution in [0.1, 0.15) is 11.5 Å². The Morgan fingerprint density at radius 3 is 2.59 bits per heavy atom. The van der Waals surface area contributed by atoms with Crippen LogP contribution in [0.5, 0.6) is 11.5 Å². The fourth-order valence-electron chi connectivity index (χ4n) is 3.93. The molecule has 1 saturated heterocycles. The van der Waals surface area contributed by atoms with Gasteiger partial charge in [0.25, 0.3) is 11.6 Å². The van der Waals surface area contributed by atoms with E-state index >= 15 is 0 Å². The van der Waals surface area contributed by atoms with Crippen molar-refractivity contribution in [2.24, 2.45) is 7.05 Å². The SMILES string of the molecule is CO[C@@]1(NC(=O)C(C(=O)O)c2ccc(O)c(O)c2)C(=O)N2C(C(=O)O)=C(CSc3nnnn3C)CS[C@H]21. The highest BCUT2D eigenvalue weighted by molar-refractivity contribution is 8.01. The van der Waals surface area contributed by atoms with Gasteiger partial charge in [-0.2, -0.15) is 0 Å². The van der Waals surface area contributed by atoms with Crippen molar-refractivity contribution >= 4 is 47.3 Å². The molecule has 196 valence electrons. The van der Waals surface area contributed by atoms with E-state index in [0.717, 1.165) is 42.0 Å². The van der Waals surface area contributed by atoms with E-state index in [1.54, 1.807) is 7.05 Å². The maximum atomic E-state index is 13.3. The van der Waals surface area contributed by atoms with E-state index in [4.69, 9.17) is 4.74 Å². The zero-order valence-corrected chi connectivity index (χ0v) is 20.8. The number of thioether (sulfide) groups is 2. The first-order valence-electron chi connectivity index (χ1n) is 10.4. The summed E-state index contributed by atoms with van der Waals surface area (Å²) in [5, 5.41) is 51.6. The van der Waals surface area contributed by atoms with Gasteiger partial charge in [0.2, 0.25) is 11.1 Å². The number of rotatable bonds is 9. The number of carboxylic acid groups (broad SMARTS) is 2. The molecule has 15 nitrogen and oxygen atoms in total. The number of aryl methyl sites for hydroxylation is 1. The molecule has 0 saturated carbocycles. The number of phenols is 2. The Morgan fingerprint density at radius 2 is 2.03 bits per heavy atom. The predicted molar refractivity (Wildman–Crippen MR) is 125 cm³/mol. The average Bonchev–Trinajstić information content (AvgIpc) is 3.26. The lowest BCUT2D eigenvalue weighted by atomic mass is 9.94. The lowest BCUT2D eigenvalue weighted by Gasteiger charge is -2.56. The summed E-state index contributed by atoms with van der Waals surface area (Å²) < 4.78 is 6.77. The van der Waals surface area contributed by atoms with Crippen LogP contribution in [-0.4, -0.2) is 99.0 Å². The molecular formula is C20H20N6O9S2. The molecule has 37 heavy (non-hydrogen) atoms. The van der Waals surface area contributed by atoms with Crippen molar-refractivity contribution in [3.05, 3.63) is 35.0 Å². The maximum Gasteiger partial charge on any atom is 0.352 e. The molecule has 17 heteroatoms. The number of fused-ring (bicyclic) bond motifs is 1. The molecule has 4 rings (SSSR count). The number of tetrazole rings is 1. The molecule has 2 amide bonds. The minimum absolute atomic E-state index is 0.157. The van der Waals surface area contributed by atoms with Crippen LogP contribution in [-0.2, 0) is 31.0 Å². The van der Waals surface area contributed by atoms with Gasteiger partial charge in [0, 0.05) is 25.7 Å². The number of aromatic nitrogens is 4. The Balaban J connectivity index is 1.59. The van der Waals surface area contributed by atoms with Crippen molar-refractivity contribution in [1.29, 1.82) is 0 Å². The highest BCUT2D eigenvalue weighted by Gasteiger charge is 2.67. The number of phenolic OH excluding ortho intramolecular Hbond substituents is 2. The smallest absolute Gasteiger partial charge is 0.352 e. The average molecular weight is 553 g/mol. The number of benzene rings is 1. The zero-order valence-electron chi connectivity index (χ0n) is 19.2. The third-order valence-electron chi connectivity index (χ3n) is 5.74. The number of nitrogens with zero attached hydrogens (tertiary/aromatic N) is 5. The Morgan fingerprint density at radius 1 is 1.30 bits per heavy atom. The molecule has 3 atom stereocenters.